The summed E-state index contributed by atoms with van der Waals surface area (Å²) in [4.78, 5) is 32.7. The van der Waals surface area contributed by atoms with Crippen molar-refractivity contribution in [3.8, 4) is 11.5 Å². The van der Waals surface area contributed by atoms with Crippen LogP contribution in [-0.2, 0) is 16.2 Å². The second kappa shape index (κ2) is 12.1. The molecular weight excluding hydrogens is 516 g/mol. The zero-order valence-electron chi connectivity index (χ0n) is 23.3. The first-order valence-corrected chi connectivity index (χ1v) is 13.6. The van der Waals surface area contributed by atoms with Crippen LogP contribution >= 0.6 is 0 Å². The van der Waals surface area contributed by atoms with Gasteiger partial charge in [-0.3, -0.25) is 19.5 Å². The standard InChI is InChI=1S/C34H32N2O5/c1-4-40-29-17-12-24(19-28(29)22(2)3)32(37)30-31(25-11-8-18-35-20-25)36(34(39)33(30)38)26-13-15-27(16-14-26)41-21-23-9-6-5-7-10-23/h5-20,22,31,37H,4,21H2,1-3H3/b32-30-. The Morgan fingerprint density at radius 2 is 1.71 bits per heavy atom. The summed E-state index contributed by atoms with van der Waals surface area (Å²) in [7, 11) is 0. The molecule has 5 rings (SSSR count). The van der Waals surface area contributed by atoms with Gasteiger partial charge in [-0.2, -0.15) is 0 Å². The SMILES string of the molecule is CCOc1ccc(/C(O)=C2/C(=O)C(=O)N(c3ccc(OCc4ccccc4)cc3)C2c2cccnc2)cc1C(C)C. The van der Waals surface area contributed by atoms with Crippen molar-refractivity contribution in [3.63, 3.8) is 0 Å². The third-order valence-corrected chi connectivity index (χ3v) is 7.01. The van der Waals surface area contributed by atoms with Crippen LogP contribution in [0.5, 0.6) is 11.5 Å². The van der Waals surface area contributed by atoms with E-state index in [-0.39, 0.29) is 17.3 Å². The number of benzene rings is 3. The van der Waals surface area contributed by atoms with E-state index < -0.39 is 17.7 Å². The highest BCUT2D eigenvalue weighted by Gasteiger charge is 2.47. The molecule has 1 amide bonds. The molecule has 4 aromatic rings. The number of Topliss-reactive ketones (excluding diaryl/α,β-unsaturated/α-hetero) is 1. The molecule has 0 spiro atoms. The first kappa shape index (κ1) is 27.6. The molecule has 0 bridgehead atoms. The number of carbonyl (C=O) groups excluding carboxylic acids is 2. The number of hydrogen-bond donors (Lipinski definition) is 1. The third kappa shape index (κ3) is 5.70. The van der Waals surface area contributed by atoms with Crippen LogP contribution in [0.2, 0.25) is 0 Å². The number of aliphatic hydroxyl groups excluding tert-OH is 1. The van der Waals surface area contributed by atoms with E-state index in [0.717, 1.165) is 16.9 Å². The Morgan fingerprint density at radius 1 is 0.951 bits per heavy atom. The Balaban J connectivity index is 1.54. The van der Waals surface area contributed by atoms with Crippen LogP contribution in [0.3, 0.4) is 0 Å². The van der Waals surface area contributed by atoms with Crippen molar-refractivity contribution in [3.05, 3.63) is 125 Å². The van der Waals surface area contributed by atoms with E-state index in [2.05, 4.69) is 4.98 Å². The normalized spacial score (nSPS) is 16.3. The number of amides is 1. The highest BCUT2D eigenvalue weighted by atomic mass is 16.5. The molecule has 208 valence electrons. The molecule has 0 saturated carbocycles. The number of ether oxygens (including phenoxy) is 2. The zero-order valence-corrected chi connectivity index (χ0v) is 23.3. The van der Waals surface area contributed by atoms with Gasteiger partial charge in [-0.15, -0.1) is 0 Å². The van der Waals surface area contributed by atoms with Gasteiger partial charge in [0.1, 0.15) is 23.9 Å². The Labute approximate surface area is 239 Å². The van der Waals surface area contributed by atoms with Crippen molar-refractivity contribution in [2.75, 3.05) is 11.5 Å². The lowest BCUT2D eigenvalue weighted by Gasteiger charge is -2.25. The second-order valence-corrected chi connectivity index (χ2v) is 10.1. The van der Waals surface area contributed by atoms with Gasteiger partial charge in [-0.25, -0.2) is 0 Å². The van der Waals surface area contributed by atoms with Crippen LogP contribution in [0.1, 0.15) is 55.0 Å². The van der Waals surface area contributed by atoms with Crippen molar-refractivity contribution in [1.82, 2.24) is 4.98 Å². The first-order valence-electron chi connectivity index (χ1n) is 13.6. The number of anilines is 1. The molecule has 1 unspecified atom stereocenters. The molecule has 41 heavy (non-hydrogen) atoms. The first-order chi connectivity index (χ1) is 19.9. The minimum atomic E-state index is -0.867. The molecule has 1 aliphatic rings. The smallest absolute Gasteiger partial charge is 0.300 e. The van der Waals surface area contributed by atoms with Crippen molar-refractivity contribution >= 4 is 23.1 Å². The highest BCUT2D eigenvalue weighted by molar-refractivity contribution is 6.51. The van der Waals surface area contributed by atoms with Gasteiger partial charge >= 0.3 is 0 Å². The van der Waals surface area contributed by atoms with E-state index in [1.54, 1.807) is 60.9 Å². The molecule has 1 aromatic heterocycles. The van der Waals surface area contributed by atoms with E-state index in [9.17, 15) is 14.7 Å². The molecule has 1 fully saturated rings. The lowest BCUT2D eigenvalue weighted by Crippen LogP contribution is -2.29. The van der Waals surface area contributed by atoms with Gasteiger partial charge in [-0.05, 0) is 78.1 Å². The van der Waals surface area contributed by atoms with Gasteiger partial charge in [0.2, 0.25) is 0 Å². The monoisotopic (exact) mass is 548 g/mol. The number of pyridine rings is 1. The van der Waals surface area contributed by atoms with E-state index in [1.807, 2.05) is 57.2 Å². The molecule has 2 heterocycles. The quantitative estimate of drug-likeness (QED) is 0.140. The Kier molecular flexibility index (Phi) is 8.15. The molecule has 7 nitrogen and oxygen atoms in total. The maximum atomic E-state index is 13.5. The molecule has 1 atom stereocenters. The number of ketones is 1. The molecule has 0 aliphatic carbocycles. The Morgan fingerprint density at radius 3 is 2.37 bits per heavy atom. The molecule has 1 N–H and O–H groups in total. The second-order valence-electron chi connectivity index (χ2n) is 10.1. The predicted octanol–water partition coefficient (Wildman–Crippen LogP) is 6.81. The summed E-state index contributed by atoms with van der Waals surface area (Å²) in [6.07, 6.45) is 3.22. The minimum absolute atomic E-state index is 0.00581. The molecule has 1 aliphatic heterocycles. The summed E-state index contributed by atoms with van der Waals surface area (Å²) in [6.45, 7) is 6.89. The molecule has 1 saturated heterocycles. The van der Waals surface area contributed by atoms with Gasteiger partial charge in [-0.1, -0.05) is 50.2 Å². The van der Waals surface area contributed by atoms with Gasteiger partial charge in [0.25, 0.3) is 11.7 Å². The Hall–Kier alpha value is -4.91. The fourth-order valence-electron chi connectivity index (χ4n) is 4.99. The van der Waals surface area contributed by atoms with Gasteiger partial charge < -0.3 is 14.6 Å². The van der Waals surface area contributed by atoms with Crippen LogP contribution in [-0.4, -0.2) is 28.4 Å². The number of rotatable bonds is 9. The predicted molar refractivity (Wildman–Crippen MR) is 158 cm³/mol. The van der Waals surface area contributed by atoms with E-state index >= 15 is 0 Å². The van der Waals surface area contributed by atoms with Crippen molar-refractivity contribution < 1.29 is 24.2 Å². The van der Waals surface area contributed by atoms with Crippen molar-refractivity contribution in [2.24, 2.45) is 0 Å². The molecule has 7 heteroatoms. The van der Waals surface area contributed by atoms with Crippen molar-refractivity contribution in [2.45, 2.75) is 39.3 Å². The topological polar surface area (TPSA) is 89.0 Å². The number of carbonyl (C=O) groups is 2. The van der Waals surface area contributed by atoms with Gasteiger partial charge in [0, 0.05) is 23.6 Å². The van der Waals surface area contributed by atoms with Gasteiger partial charge in [0.05, 0.1) is 18.2 Å². The fourth-order valence-corrected chi connectivity index (χ4v) is 4.99. The molecular formula is C34H32N2O5. The summed E-state index contributed by atoms with van der Waals surface area (Å²) >= 11 is 0. The number of aromatic nitrogens is 1. The maximum absolute atomic E-state index is 13.5. The van der Waals surface area contributed by atoms with E-state index in [1.165, 1.54) is 4.90 Å². The van der Waals surface area contributed by atoms with Crippen LogP contribution in [0, 0.1) is 0 Å². The number of hydrogen-bond acceptors (Lipinski definition) is 6. The fraction of sp³-hybridized carbons (Fsp3) is 0.206. The highest BCUT2D eigenvalue weighted by Crippen LogP contribution is 2.43. The lowest BCUT2D eigenvalue weighted by molar-refractivity contribution is -0.132. The Bertz CT molecular complexity index is 1560. The lowest BCUT2D eigenvalue weighted by atomic mass is 9.93. The van der Waals surface area contributed by atoms with Crippen molar-refractivity contribution in [1.29, 1.82) is 0 Å². The van der Waals surface area contributed by atoms with E-state index in [0.29, 0.717) is 35.8 Å². The number of nitrogens with zero attached hydrogens (tertiary/aromatic N) is 2. The van der Waals surface area contributed by atoms with Crippen LogP contribution in [0.25, 0.3) is 5.76 Å². The summed E-state index contributed by atoms with van der Waals surface area (Å²) in [5.74, 6) is -0.273. The average Bonchev–Trinajstić information content (AvgIpc) is 3.27. The maximum Gasteiger partial charge on any atom is 0.300 e. The van der Waals surface area contributed by atoms with Crippen LogP contribution in [0.15, 0.2) is 103 Å². The molecule has 3 aromatic carbocycles. The van der Waals surface area contributed by atoms with Crippen LogP contribution in [0.4, 0.5) is 5.69 Å². The largest absolute Gasteiger partial charge is 0.507 e. The summed E-state index contributed by atoms with van der Waals surface area (Å²) in [5.41, 5.74) is 3.48. The minimum Gasteiger partial charge on any atom is -0.507 e. The average molecular weight is 549 g/mol. The van der Waals surface area contributed by atoms with Crippen LogP contribution < -0.4 is 14.4 Å². The zero-order chi connectivity index (χ0) is 28.9. The summed E-state index contributed by atoms with van der Waals surface area (Å²) < 4.78 is 11.7. The molecule has 0 radical (unpaired) electrons. The summed E-state index contributed by atoms with van der Waals surface area (Å²) in [5, 5.41) is 11.6. The van der Waals surface area contributed by atoms with E-state index in [4.69, 9.17) is 9.47 Å². The van der Waals surface area contributed by atoms with Gasteiger partial charge in [0.15, 0.2) is 0 Å². The summed E-state index contributed by atoms with van der Waals surface area (Å²) in [6, 6.07) is 24.8. The number of aliphatic hydroxyl groups is 1. The third-order valence-electron chi connectivity index (χ3n) is 7.01.